The molecule has 0 saturated carbocycles. The number of hydrogen-bond acceptors (Lipinski definition) is 3. The van der Waals surface area contributed by atoms with E-state index in [1.54, 1.807) is 4.90 Å². The molecule has 0 aliphatic carbocycles. The Morgan fingerprint density at radius 1 is 1.19 bits per heavy atom. The first-order valence-corrected chi connectivity index (χ1v) is 9.58. The van der Waals surface area contributed by atoms with Crippen LogP contribution in [0, 0.1) is 5.92 Å². The third kappa shape index (κ3) is 5.75. The van der Waals surface area contributed by atoms with E-state index >= 15 is 0 Å². The maximum atomic E-state index is 12.5. The van der Waals surface area contributed by atoms with Crippen LogP contribution in [-0.2, 0) is 9.53 Å². The van der Waals surface area contributed by atoms with Gasteiger partial charge in [0.25, 0.3) is 0 Å². The molecule has 0 spiro atoms. The van der Waals surface area contributed by atoms with Crippen LogP contribution in [0.15, 0.2) is 24.3 Å². The maximum absolute atomic E-state index is 12.5. The van der Waals surface area contributed by atoms with Gasteiger partial charge in [0.1, 0.15) is 5.60 Å². The van der Waals surface area contributed by atoms with E-state index < -0.39 is 5.60 Å². The summed E-state index contributed by atoms with van der Waals surface area (Å²) in [5.74, 6) is 0.491. The standard InChI is InChI=1S/C21H32N2O3/c1-6-15(2)16-7-9-18(10-8-16)22-19(24)17-11-13-23(14-12-17)20(25)26-21(3,4)5/h7-10,15,17H,6,11-14H2,1-5H3,(H,22,24). The fourth-order valence-corrected chi connectivity index (χ4v) is 3.03. The number of hydrogen-bond donors (Lipinski definition) is 1. The van der Waals surface area contributed by atoms with Crippen molar-refractivity contribution in [3.05, 3.63) is 29.8 Å². The molecular weight excluding hydrogens is 328 g/mol. The van der Waals surface area contributed by atoms with Crippen LogP contribution in [0.25, 0.3) is 0 Å². The van der Waals surface area contributed by atoms with E-state index in [4.69, 9.17) is 4.74 Å². The maximum Gasteiger partial charge on any atom is 0.410 e. The molecule has 1 aromatic rings. The molecule has 2 amide bonds. The molecule has 2 rings (SSSR count). The summed E-state index contributed by atoms with van der Waals surface area (Å²) in [6, 6.07) is 8.09. The average molecular weight is 360 g/mol. The number of benzene rings is 1. The predicted molar refractivity (Wildman–Crippen MR) is 104 cm³/mol. The number of nitrogens with zero attached hydrogens (tertiary/aromatic N) is 1. The summed E-state index contributed by atoms with van der Waals surface area (Å²) in [5, 5.41) is 3.00. The van der Waals surface area contributed by atoms with Crippen LogP contribution in [0.4, 0.5) is 10.5 Å². The van der Waals surface area contributed by atoms with Crippen molar-refractivity contribution in [2.24, 2.45) is 5.92 Å². The van der Waals surface area contributed by atoms with Gasteiger partial charge in [0.2, 0.25) is 5.91 Å². The zero-order valence-corrected chi connectivity index (χ0v) is 16.7. The summed E-state index contributed by atoms with van der Waals surface area (Å²) in [5.41, 5.74) is 1.63. The van der Waals surface area contributed by atoms with E-state index in [0.29, 0.717) is 31.8 Å². The first-order chi connectivity index (χ1) is 12.2. The van der Waals surface area contributed by atoms with E-state index in [2.05, 4.69) is 31.3 Å². The number of amides is 2. The van der Waals surface area contributed by atoms with Crippen LogP contribution in [0.5, 0.6) is 0 Å². The minimum absolute atomic E-state index is 0.0325. The Kier molecular flexibility index (Phi) is 6.68. The van der Waals surface area contributed by atoms with Crippen molar-refractivity contribution in [1.82, 2.24) is 4.90 Å². The van der Waals surface area contributed by atoms with Gasteiger partial charge in [0.15, 0.2) is 0 Å². The molecule has 1 aliphatic heterocycles. The number of likely N-dealkylation sites (tertiary alicyclic amines) is 1. The average Bonchev–Trinajstić information content (AvgIpc) is 2.60. The Morgan fingerprint density at radius 3 is 2.27 bits per heavy atom. The molecule has 1 fully saturated rings. The first kappa shape index (κ1) is 20.3. The summed E-state index contributed by atoms with van der Waals surface area (Å²) >= 11 is 0. The van der Waals surface area contributed by atoms with Gasteiger partial charge >= 0.3 is 6.09 Å². The molecule has 26 heavy (non-hydrogen) atoms. The highest BCUT2D eigenvalue weighted by Gasteiger charge is 2.29. The molecule has 5 heteroatoms. The number of rotatable bonds is 4. The lowest BCUT2D eigenvalue weighted by molar-refractivity contribution is -0.121. The van der Waals surface area contributed by atoms with Gasteiger partial charge in [-0.2, -0.15) is 0 Å². The van der Waals surface area contributed by atoms with E-state index in [9.17, 15) is 9.59 Å². The highest BCUT2D eigenvalue weighted by Crippen LogP contribution is 2.23. The molecule has 144 valence electrons. The molecule has 1 atom stereocenters. The van der Waals surface area contributed by atoms with Crippen molar-refractivity contribution >= 4 is 17.7 Å². The van der Waals surface area contributed by atoms with Gasteiger partial charge in [0, 0.05) is 24.7 Å². The van der Waals surface area contributed by atoms with Gasteiger partial charge in [0.05, 0.1) is 0 Å². The van der Waals surface area contributed by atoms with Crippen molar-refractivity contribution in [3.63, 3.8) is 0 Å². The largest absolute Gasteiger partial charge is 0.444 e. The lowest BCUT2D eigenvalue weighted by Gasteiger charge is -2.32. The van der Waals surface area contributed by atoms with Crippen molar-refractivity contribution < 1.29 is 14.3 Å². The Balaban J connectivity index is 1.84. The number of carbonyl (C=O) groups is 2. The van der Waals surface area contributed by atoms with Crippen LogP contribution >= 0.6 is 0 Å². The summed E-state index contributed by atoms with van der Waals surface area (Å²) in [7, 11) is 0. The quantitative estimate of drug-likeness (QED) is 0.840. The van der Waals surface area contributed by atoms with Crippen LogP contribution in [0.1, 0.15) is 65.4 Å². The second-order valence-electron chi connectivity index (χ2n) is 8.16. The number of piperidine rings is 1. The fourth-order valence-electron chi connectivity index (χ4n) is 3.03. The zero-order chi connectivity index (χ0) is 19.3. The van der Waals surface area contributed by atoms with E-state index in [0.717, 1.165) is 12.1 Å². The fraction of sp³-hybridized carbons (Fsp3) is 0.619. The van der Waals surface area contributed by atoms with E-state index in [1.165, 1.54) is 5.56 Å². The molecule has 1 heterocycles. The van der Waals surface area contributed by atoms with Gasteiger partial charge in [-0.05, 0) is 63.6 Å². The topological polar surface area (TPSA) is 58.6 Å². The van der Waals surface area contributed by atoms with Gasteiger partial charge in [-0.3, -0.25) is 4.79 Å². The van der Waals surface area contributed by atoms with Crippen molar-refractivity contribution in [2.75, 3.05) is 18.4 Å². The molecule has 1 aromatic carbocycles. The summed E-state index contributed by atoms with van der Waals surface area (Å²) in [6.07, 6.45) is 2.13. The minimum atomic E-state index is -0.493. The van der Waals surface area contributed by atoms with Gasteiger partial charge in [-0.1, -0.05) is 26.0 Å². The Bertz CT molecular complexity index is 611. The second-order valence-corrected chi connectivity index (χ2v) is 8.16. The first-order valence-electron chi connectivity index (χ1n) is 9.58. The lowest BCUT2D eigenvalue weighted by Crippen LogP contribution is -2.43. The zero-order valence-electron chi connectivity index (χ0n) is 16.7. The smallest absolute Gasteiger partial charge is 0.410 e. The van der Waals surface area contributed by atoms with Crippen molar-refractivity contribution in [3.8, 4) is 0 Å². The molecule has 0 bridgehead atoms. The molecule has 1 unspecified atom stereocenters. The molecule has 5 nitrogen and oxygen atoms in total. The summed E-state index contributed by atoms with van der Waals surface area (Å²) in [4.78, 5) is 26.3. The van der Waals surface area contributed by atoms with Crippen LogP contribution in [-0.4, -0.2) is 35.6 Å². The molecule has 1 N–H and O–H groups in total. The van der Waals surface area contributed by atoms with Crippen LogP contribution in [0.2, 0.25) is 0 Å². The normalized spacial score (nSPS) is 16.9. The number of anilines is 1. The monoisotopic (exact) mass is 360 g/mol. The van der Waals surface area contributed by atoms with Crippen LogP contribution in [0.3, 0.4) is 0 Å². The molecule has 0 aromatic heterocycles. The Labute approximate surface area is 157 Å². The Hall–Kier alpha value is -2.04. The number of carbonyl (C=O) groups excluding carboxylic acids is 2. The van der Waals surface area contributed by atoms with Crippen molar-refractivity contribution in [1.29, 1.82) is 0 Å². The van der Waals surface area contributed by atoms with E-state index in [1.807, 2.05) is 32.9 Å². The minimum Gasteiger partial charge on any atom is -0.444 e. The number of ether oxygens (including phenoxy) is 1. The summed E-state index contributed by atoms with van der Waals surface area (Å²) in [6.45, 7) is 11.1. The third-order valence-corrected chi connectivity index (χ3v) is 4.88. The van der Waals surface area contributed by atoms with E-state index in [-0.39, 0.29) is 17.9 Å². The highest BCUT2D eigenvalue weighted by molar-refractivity contribution is 5.92. The summed E-state index contributed by atoms with van der Waals surface area (Å²) < 4.78 is 5.39. The Morgan fingerprint density at radius 2 is 1.77 bits per heavy atom. The van der Waals surface area contributed by atoms with Crippen LogP contribution < -0.4 is 5.32 Å². The van der Waals surface area contributed by atoms with Gasteiger partial charge in [-0.15, -0.1) is 0 Å². The third-order valence-electron chi connectivity index (χ3n) is 4.88. The SMILES string of the molecule is CCC(C)c1ccc(NC(=O)C2CCN(C(=O)OC(C)(C)C)CC2)cc1. The van der Waals surface area contributed by atoms with Gasteiger partial charge in [-0.25, -0.2) is 4.79 Å². The molecule has 1 aliphatic rings. The molecule has 0 radical (unpaired) electrons. The predicted octanol–water partition coefficient (Wildman–Crippen LogP) is 4.79. The van der Waals surface area contributed by atoms with Gasteiger partial charge < -0.3 is 15.0 Å². The molecule has 1 saturated heterocycles. The lowest BCUT2D eigenvalue weighted by atomic mass is 9.95. The molecular formula is C21H32N2O3. The van der Waals surface area contributed by atoms with Crippen molar-refractivity contribution in [2.45, 2.75) is 65.4 Å². The second kappa shape index (κ2) is 8.56. The number of nitrogens with one attached hydrogen (secondary N) is 1. The highest BCUT2D eigenvalue weighted by atomic mass is 16.6.